The molecule has 1 heterocycles. The third-order valence-corrected chi connectivity index (χ3v) is 2.76. The fourth-order valence-electron chi connectivity index (χ4n) is 1.39. The van der Waals surface area contributed by atoms with Crippen molar-refractivity contribution in [3.05, 3.63) is 36.5 Å². The molecule has 3 N–H and O–H groups in total. The number of pyridine rings is 1. The van der Waals surface area contributed by atoms with E-state index in [0.717, 1.165) is 16.6 Å². The topological polar surface area (TPSA) is 50.9 Å². The van der Waals surface area contributed by atoms with Crippen LogP contribution in [0.2, 0.25) is 0 Å². The Morgan fingerprint density at radius 1 is 1.19 bits per heavy atom. The number of hydrogen-bond donors (Lipinski definition) is 2. The van der Waals surface area contributed by atoms with Crippen molar-refractivity contribution in [2.24, 2.45) is 5.73 Å². The van der Waals surface area contributed by atoms with Crippen molar-refractivity contribution >= 4 is 51.0 Å². The Hall–Kier alpha value is -1.59. The molecule has 1 aromatic heterocycles. The number of aromatic nitrogens is 1. The van der Waals surface area contributed by atoms with Crippen molar-refractivity contribution in [3.8, 4) is 0 Å². The maximum atomic E-state index is 5.44. The van der Waals surface area contributed by atoms with Gasteiger partial charge in [-0.1, -0.05) is 42.6 Å². The van der Waals surface area contributed by atoms with Gasteiger partial charge in [0.1, 0.15) is 9.98 Å². The summed E-state index contributed by atoms with van der Waals surface area (Å²) in [6, 6.07) is 9.67. The highest BCUT2D eigenvalue weighted by Gasteiger charge is 2.04. The van der Waals surface area contributed by atoms with Crippen molar-refractivity contribution in [2.45, 2.75) is 0 Å². The molecule has 0 aliphatic heterocycles. The van der Waals surface area contributed by atoms with Gasteiger partial charge in [0.05, 0.1) is 11.2 Å². The molecule has 0 aliphatic rings. The normalized spacial score (nSPS) is 10.0. The van der Waals surface area contributed by atoms with E-state index in [1.807, 2.05) is 30.3 Å². The van der Waals surface area contributed by atoms with E-state index in [0.29, 0.717) is 4.99 Å². The van der Waals surface area contributed by atoms with Crippen LogP contribution in [0.4, 0.5) is 5.69 Å². The third kappa shape index (κ3) is 2.15. The monoisotopic (exact) mass is 247 g/mol. The number of para-hydroxylation sites is 1. The first-order valence-electron chi connectivity index (χ1n) is 4.63. The van der Waals surface area contributed by atoms with Crippen LogP contribution in [0.3, 0.4) is 0 Å². The van der Waals surface area contributed by atoms with E-state index >= 15 is 0 Å². The molecule has 0 spiro atoms. The van der Waals surface area contributed by atoms with E-state index in [9.17, 15) is 0 Å². The summed E-state index contributed by atoms with van der Waals surface area (Å²) in [6.07, 6.45) is 1.73. The van der Waals surface area contributed by atoms with E-state index in [1.54, 1.807) is 6.20 Å². The second-order valence-corrected chi connectivity index (χ2v) is 4.05. The van der Waals surface area contributed by atoms with E-state index in [4.69, 9.17) is 30.2 Å². The van der Waals surface area contributed by atoms with Crippen molar-refractivity contribution in [1.29, 1.82) is 0 Å². The molecule has 0 radical (unpaired) electrons. The molecule has 0 saturated carbocycles. The molecule has 2 aromatic rings. The quantitative estimate of drug-likeness (QED) is 0.757. The molecule has 0 atom stereocenters. The summed E-state index contributed by atoms with van der Waals surface area (Å²) in [7, 11) is 0. The molecule has 0 fully saturated rings. The average molecular weight is 247 g/mol. The minimum absolute atomic E-state index is 0.183. The standard InChI is InChI=1S/C11H9N3S2/c12-10(15)11(16)14-8-5-1-3-7-4-2-6-13-9(7)8/h1-6H,(H2,12,15)(H,14,16). The molecule has 1 aromatic carbocycles. The van der Waals surface area contributed by atoms with Crippen LogP contribution in [0.25, 0.3) is 10.9 Å². The van der Waals surface area contributed by atoms with Crippen LogP contribution < -0.4 is 11.1 Å². The lowest BCUT2D eigenvalue weighted by Crippen LogP contribution is -2.26. The lowest BCUT2D eigenvalue weighted by molar-refractivity contribution is 1.41. The number of nitrogens with zero attached hydrogens (tertiary/aromatic N) is 1. The Morgan fingerprint density at radius 3 is 2.69 bits per heavy atom. The van der Waals surface area contributed by atoms with E-state index in [-0.39, 0.29) is 4.99 Å². The maximum Gasteiger partial charge on any atom is 0.138 e. The summed E-state index contributed by atoms with van der Waals surface area (Å²) in [6.45, 7) is 0. The molecule has 80 valence electrons. The van der Waals surface area contributed by atoms with E-state index in [2.05, 4.69) is 10.3 Å². The number of anilines is 1. The van der Waals surface area contributed by atoms with Gasteiger partial charge in [0.2, 0.25) is 0 Å². The molecule has 0 unspecified atom stereocenters. The van der Waals surface area contributed by atoms with Crippen molar-refractivity contribution in [3.63, 3.8) is 0 Å². The summed E-state index contributed by atoms with van der Waals surface area (Å²) in [5.41, 5.74) is 7.10. The Kier molecular flexibility index (Phi) is 3.07. The molecule has 5 heteroatoms. The van der Waals surface area contributed by atoms with Gasteiger partial charge >= 0.3 is 0 Å². The maximum absolute atomic E-state index is 5.44. The van der Waals surface area contributed by atoms with Gasteiger partial charge in [0.15, 0.2) is 0 Å². The minimum Gasteiger partial charge on any atom is -0.388 e. The number of benzene rings is 1. The minimum atomic E-state index is 0.183. The van der Waals surface area contributed by atoms with Crippen LogP contribution in [0.5, 0.6) is 0 Å². The second-order valence-electron chi connectivity index (χ2n) is 3.20. The Morgan fingerprint density at radius 2 is 1.94 bits per heavy atom. The fourth-order valence-corrected chi connectivity index (χ4v) is 1.55. The Balaban J connectivity index is 2.45. The van der Waals surface area contributed by atoms with Crippen LogP contribution in [-0.2, 0) is 0 Å². The van der Waals surface area contributed by atoms with Gasteiger partial charge in [0, 0.05) is 11.6 Å². The smallest absolute Gasteiger partial charge is 0.138 e. The Bertz CT molecular complexity index is 561. The summed E-state index contributed by atoms with van der Waals surface area (Å²) in [4.78, 5) is 4.83. The predicted octanol–water partition coefficient (Wildman–Crippen LogP) is 2.26. The highest BCUT2D eigenvalue weighted by Crippen LogP contribution is 2.20. The molecule has 0 saturated heterocycles. The van der Waals surface area contributed by atoms with Gasteiger partial charge in [-0.2, -0.15) is 0 Å². The summed E-state index contributed by atoms with van der Waals surface area (Å²) in [5.74, 6) is 0. The second kappa shape index (κ2) is 4.51. The zero-order chi connectivity index (χ0) is 11.5. The average Bonchev–Trinajstić information content (AvgIpc) is 2.29. The number of nitrogens with one attached hydrogen (secondary N) is 1. The number of fused-ring (bicyclic) bond motifs is 1. The largest absolute Gasteiger partial charge is 0.388 e. The predicted molar refractivity (Wildman–Crippen MR) is 74.7 cm³/mol. The van der Waals surface area contributed by atoms with Gasteiger partial charge in [-0.05, 0) is 12.1 Å². The molecule has 0 bridgehead atoms. The zero-order valence-electron chi connectivity index (χ0n) is 8.31. The first-order valence-corrected chi connectivity index (χ1v) is 5.44. The molecule has 3 nitrogen and oxygen atoms in total. The first kappa shape index (κ1) is 10.9. The van der Waals surface area contributed by atoms with E-state index < -0.39 is 0 Å². The van der Waals surface area contributed by atoms with Crippen LogP contribution in [-0.4, -0.2) is 15.0 Å². The summed E-state index contributed by atoms with van der Waals surface area (Å²) in [5, 5.41) is 4.03. The zero-order valence-corrected chi connectivity index (χ0v) is 9.94. The first-order chi connectivity index (χ1) is 7.68. The highest BCUT2D eigenvalue weighted by molar-refractivity contribution is 7.89. The van der Waals surface area contributed by atoms with Crippen LogP contribution in [0, 0.1) is 0 Å². The van der Waals surface area contributed by atoms with E-state index in [1.165, 1.54) is 0 Å². The van der Waals surface area contributed by atoms with Gasteiger partial charge < -0.3 is 11.1 Å². The molecular formula is C11H9N3S2. The summed E-state index contributed by atoms with van der Waals surface area (Å²) < 4.78 is 0. The van der Waals surface area contributed by atoms with Gasteiger partial charge in [0.25, 0.3) is 0 Å². The van der Waals surface area contributed by atoms with Gasteiger partial charge in [-0.15, -0.1) is 0 Å². The summed E-state index contributed by atoms with van der Waals surface area (Å²) >= 11 is 9.81. The van der Waals surface area contributed by atoms with Crippen LogP contribution in [0.1, 0.15) is 0 Å². The lowest BCUT2D eigenvalue weighted by atomic mass is 10.2. The molecular weight excluding hydrogens is 238 g/mol. The van der Waals surface area contributed by atoms with Crippen molar-refractivity contribution in [1.82, 2.24) is 4.98 Å². The third-order valence-electron chi connectivity index (χ3n) is 2.10. The van der Waals surface area contributed by atoms with Crippen LogP contribution >= 0.6 is 24.4 Å². The van der Waals surface area contributed by atoms with Gasteiger partial charge in [-0.3, -0.25) is 4.98 Å². The number of hydrogen-bond acceptors (Lipinski definition) is 3. The SMILES string of the molecule is NC(=S)C(=S)Nc1cccc2cccnc12. The Labute approximate surface area is 104 Å². The number of thiocarbonyl (C=S) groups is 2. The van der Waals surface area contributed by atoms with Crippen LogP contribution in [0.15, 0.2) is 36.5 Å². The highest BCUT2D eigenvalue weighted by atomic mass is 32.1. The fraction of sp³-hybridized carbons (Fsp3) is 0. The molecule has 0 aliphatic carbocycles. The number of rotatable bonds is 1. The van der Waals surface area contributed by atoms with Crippen molar-refractivity contribution in [2.75, 3.05) is 5.32 Å². The lowest BCUT2D eigenvalue weighted by Gasteiger charge is -2.08. The van der Waals surface area contributed by atoms with Crippen molar-refractivity contribution < 1.29 is 0 Å². The molecule has 0 amide bonds. The van der Waals surface area contributed by atoms with Gasteiger partial charge in [-0.25, -0.2) is 0 Å². The number of nitrogens with two attached hydrogens (primary N) is 1. The molecule has 2 rings (SSSR count). The molecule has 16 heavy (non-hydrogen) atoms.